The lowest BCUT2D eigenvalue weighted by Crippen LogP contribution is -2.45. The van der Waals surface area contributed by atoms with E-state index in [2.05, 4.69) is 5.43 Å². The maximum absolute atomic E-state index is 6.18. The van der Waals surface area contributed by atoms with E-state index < -0.39 is 0 Å². The third-order valence-electron chi connectivity index (χ3n) is 3.89. The maximum Gasteiger partial charge on any atom is 0.125 e. The summed E-state index contributed by atoms with van der Waals surface area (Å²) in [5.74, 6) is 6.67. The summed E-state index contributed by atoms with van der Waals surface area (Å²) in [4.78, 5) is 0. The van der Waals surface area contributed by atoms with Gasteiger partial charge in [0.05, 0.1) is 18.8 Å². The molecule has 2 aliphatic rings. The Bertz CT molecular complexity index is 461. The van der Waals surface area contributed by atoms with Crippen molar-refractivity contribution in [3.8, 4) is 5.75 Å². The van der Waals surface area contributed by atoms with Crippen LogP contribution in [0.25, 0.3) is 0 Å². The normalized spacial score (nSPS) is 23.2. The average Bonchev–Trinajstić information content (AvgIpc) is 3.05. The number of rotatable bonds is 4. The van der Waals surface area contributed by atoms with Crippen LogP contribution in [0, 0.1) is 0 Å². The molecule has 0 amide bonds. The Kier molecular flexibility index (Phi) is 3.93. The Morgan fingerprint density at radius 2 is 2.32 bits per heavy atom. The van der Waals surface area contributed by atoms with Crippen molar-refractivity contribution in [1.29, 1.82) is 0 Å². The van der Waals surface area contributed by atoms with E-state index in [1.807, 2.05) is 12.1 Å². The summed E-state index contributed by atoms with van der Waals surface area (Å²) < 4.78 is 11.4. The quantitative estimate of drug-likeness (QED) is 0.653. The number of nitrogens with one attached hydrogen (secondary N) is 1. The third kappa shape index (κ3) is 2.72. The van der Waals surface area contributed by atoms with E-state index in [0.29, 0.717) is 0 Å². The van der Waals surface area contributed by atoms with Crippen LogP contribution in [0.3, 0.4) is 0 Å². The summed E-state index contributed by atoms with van der Waals surface area (Å²) in [7, 11) is 0. The van der Waals surface area contributed by atoms with Gasteiger partial charge in [-0.25, -0.2) is 0 Å². The zero-order valence-electron chi connectivity index (χ0n) is 10.8. The van der Waals surface area contributed by atoms with Gasteiger partial charge in [-0.3, -0.25) is 11.3 Å². The van der Waals surface area contributed by atoms with Crippen LogP contribution in [0.2, 0.25) is 5.02 Å². The number of ether oxygens (including phenoxy) is 2. The molecule has 0 bridgehead atoms. The topological polar surface area (TPSA) is 56.5 Å². The highest BCUT2D eigenvalue weighted by Gasteiger charge is 2.27. The number of hydrogen-bond donors (Lipinski definition) is 2. The Morgan fingerprint density at radius 1 is 1.42 bits per heavy atom. The highest BCUT2D eigenvalue weighted by atomic mass is 35.5. The van der Waals surface area contributed by atoms with Crippen LogP contribution < -0.4 is 16.0 Å². The second-order valence-corrected chi connectivity index (χ2v) is 5.62. The molecule has 2 heterocycles. The van der Waals surface area contributed by atoms with Gasteiger partial charge in [-0.2, -0.15) is 0 Å². The minimum atomic E-state index is 0.106. The number of benzene rings is 1. The molecule has 2 aliphatic heterocycles. The molecular weight excluding hydrogens is 264 g/mol. The minimum Gasteiger partial charge on any atom is -0.493 e. The predicted molar refractivity (Wildman–Crippen MR) is 74.4 cm³/mol. The maximum atomic E-state index is 6.18. The fraction of sp³-hybridized carbons (Fsp3) is 0.571. The smallest absolute Gasteiger partial charge is 0.125 e. The number of hydrogen-bond acceptors (Lipinski definition) is 4. The molecule has 2 unspecified atom stereocenters. The molecular formula is C14H19ClN2O2. The van der Waals surface area contributed by atoms with Crippen LogP contribution in [-0.4, -0.2) is 25.4 Å². The fourth-order valence-electron chi connectivity index (χ4n) is 2.95. The van der Waals surface area contributed by atoms with Gasteiger partial charge >= 0.3 is 0 Å². The zero-order valence-corrected chi connectivity index (χ0v) is 11.6. The summed E-state index contributed by atoms with van der Waals surface area (Å²) in [6.45, 7) is 1.57. The SMILES string of the molecule is NNC(Cc1cc(Cl)cc2c1OCC2)C1CCCO1. The minimum absolute atomic E-state index is 0.106. The first-order valence-electron chi connectivity index (χ1n) is 6.80. The van der Waals surface area contributed by atoms with Gasteiger partial charge in [-0.05, 0) is 42.5 Å². The van der Waals surface area contributed by atoms with Crippen molar-refractivity contribution in [2.75, 3.05) is 13.2 Å². The number of fused-ring (bicyclic) bond motifs is 1. The van der Waals surface area contributed by atoms with Gasteiger partial charge in [0.1, 0.15) is 5.75 Å². The summed E-state index contributed by atoms with van der Waals surface area (Å²) in [5.41, 5.74) is 5.20. The molecule has 104 valence electrons. The van der Waals surface area contributed by atoms with Crippen molar-refractivity contribution >= 4 is 11.6 Å². The van der Waals surface area contributed by atoms with E-state index in [9.17, 15) is 0 Å². The van der Waals surface area contributed by atoms with Gasteiger partial charge in [0.25, 0.3) is 0 Å². The number of halogens is 1. The largest absolute Gasteiger partial charge is 0.493 e. The molecule has 5 heteroatoms. The van der Waals surface area contributed by atoms with Crippen molar-refractivity contribution in [1.82, 2.24) is 5.43 Å². The van der Waals surface area contributed by atoms with E-state index in [1.165, 1.54) is 5.56 Å². The van der Waals surface area contributed by atoms with Crippen molar-refractivity contribution in [3.05, 3.63) is 28.3 Å². The van der Waals surface area contributed by atoms with Gasteiger partial charge < -0.3 is 9.47 Å². The van der Waals surface area contributed by atoms with E-state index in [1.54, 1.807) is 0 Å². The summed E-state index contributed by atoms with van der Waals surface area (Å²) in [5, 5.41) is 0.766. The lowest BCUT2D eigenvalue weighted by molar-refractivity contribution is 0.0782. The molecule has 19 heavy (non-hydrogen) atoms. The Morgan fingerprint density at radius 3 is 3.05 bits per heavy atom. The predicted octanol–water partition coefficient (Wildman–Crippen LogP) is 1.83. The number of nitrogens with two attached hydrogens (primary N) is 1. The van der Waals surface area contributed by atoms with Gasteiger partial charge in [0.15, 0.2) is 0 Å². The van der Waals surface area contributed by atoms with Crippen molar-refractivity contribution in [2.24, 2.45) is 5.84 Å². The van der Waals surface area contributed by atoms with E-state index in [0.717, 1.165) is 55.2 Å². The van der Waals surface area contributed by atoms with Crippen molar-refractivity contribution in [2.45, 2.75) is 37.8 Å². The molecule has 4 nitrogen and oxygen atoms in total. The molecule has 2 atom stereocenters. The fourth-order valence-corrected chi connectivity index (χ4v) is 3.22. The van der Waals surface area contributed by atoms with Crippen LogP contribution in [0.5, 0.6) is 5.75 Å². The second-order valence-electron chi connectivity index (χ2n) is 5.18. The summed E-state index contributed by atoms with van der Waals surface area (Å²) in [6.07, 6.45) is 4.06. The highest BCUT2D eigenvalue weighted by Crippen LogP contribution is 2.34. The summed E-state index contributed by atoms with van der Waals surface area (Å²) >= 11 is 6.18. The zero-order chi connectivity index (χ0) is 13.2. The van der Waals surface area contributed by atoms with Crippen LogP contribution in [-0.2, 0) is 17.6 Å². The van der Waals surface area contributed by atoms with Crippen molar-refractivity contribution < 1.29 is 9.47 Å². The van der Waals surface area contributed by atoms with Gasteiger partial charge in [0.2, 0.25) is 0 Å². The van der Waals surface area contributed by atoms with Crippen LogP contribution >= 0.6 is 11.6 Å². The highest BCUT2D eigenvalue weighted by molar-refractivity contribution is 6.30. The molecule has 1 aromatic carbocycles. The molecule has 3 N–H and O–H groups in total. The standard InChI is InChI=1S/C14H19ClN2O2/c15-11-6-9-3-5-19-14(9)10(7-11)8-12(17-16)13-2-1-4-18-13/h6-7,12-13,17H,1-5,8,16H2. The average molecular weight is 283 g/mol. The first-order valence-corrected chi connectivity index (χ1v) is 7.17. The van der Waals surface area contributed by atoms with Gasteiger partial charge in [-0.15, -0.1) is 0 Å². The molecule has 1 fully saturated rings. The Balaban J connectivity index is 1.81. The van der Waals surface area contributed by atoms with Gasteiger partial charge in [0, 0.05) is 18.1 Å². The van der Waals surface area contributed by atoms with Crippen LogP contribution in [0.1, 0.15) is 24.0 Å². The molecule has 3 rings (SSSR count). The lowest BCUT2D eigenvalue weighted by Gasteiger charge is -2.23. The first kappa shape index (κ1) is 13.2. The molecule has 0 aromatic heterocycles. The van der Waals surface area contributed by atoms with E-state index >= 15 is 0 Å². The Labute approximate surface area is 118 Å². The molecule has 0 radical (unpaired) electrons. The van der Waals surface area contributed by atoms with Gasteiger partial charge in [-0.1, -0.05) is 11.6 Å². The van der Waals surface area contributed by atoms with E-state index in [-0.39, 0.29) is 12.1 Å². The second kappa shape index (κ2) is 5.67. The third-order valence-corrected chi connectivity index (χ3v) is 4.11. The lowest BCUT2D eigenvalue weighted by atomic mass is 9.97. The molecule has 0 spiro atoms. The molecule has 1 aromatic rings. The first-order chi connectivity index (χ1) is 9.28. The molecule has 0 saturated carbocycles. The summed E-state index contributed by atoms with van der Waals surface area (Å²) in [6, 6.07) is 4.07. The number of hydrazine groups is 1. The van der Waals surface area contributed by atoms with Crippen LogP contribution in [0.4, 0.5) is 0 Å². The van der Waals surface area contributed by atoms with Crippen LogP contribution in [0.15, 0.2) is 12.1 Å². The molecule has 0 aliphatic carbocycles. The Hall–Kier alpha value is -0.810. The monoisotopic (exact) mass is 282 g/mol. The van der Waals surface area contributed by atoms with E-state index in [4.69, 9.17) is 26.9 Å². The van der Waals surface area contributed by atoms with Crippen molar-refractivity contribution in [3.63, 3.8) is 0 Å². The molecule has 1 saturated heterocycles.